The molecular formula is C14H19N6O7PS. The number of aliphatic hydroxyl groups excluding tert-OH is 2. The number of hydrogen-bond acceptors (Lipinski definition) is 10. The van der Waals surface area contributed by atoms with Crippen LogP contribution in [0.5, 0.6) is 0 Å². The first kappa shape index (κ1) is 21.7. The molecule has 0 aliphatic carbocycles. The number of aromatic nitrogens is 5. The first-order valence-corrected chi connectivity index (χ1v) is 10.7. The van der Waals surface area contributed by atoms with Gasteiger partial charge in [-0.3, -0.25) is 4.57 Å². The molecule has 0 bridgehead atoms. The molecule has 0 saturated carbocycles. The Bertz CT molecular complexity index is 1040. The second-order valence-corrected chi connectivity index (χ2v) is 8.06. The van der Waals surface area contributed by atoms with Crippen LogP contribution in [0.3, 0.4) is 0 Å². The standard InChI is InChI=1S/C14H16N6O3S.H3O4P/c1-6-4-24-13(17-6)11-10-12(19-14(15)18-11)20(5-16-10)9-2-7(22)8(3-21)23-9;1-5(2,3)4/h4-5,7-9,21-22H,2-3H2,1H3,(H2,15,18,19);(H3,1,2,3,4)/t7-,8+,9+;/m0./s1. The summed E-state index contributed by atoms with van der Waals surface area (Å²) in [5.74, 6) is 0.115. The number of thiazole rings is 1. The number of nitrogen functional groups attached to an aromatic ring is 1. The average molecular weight is 446 g/mol. The Morgan fingerprint density at radius 2 is 2.03 bits per heavy atom. The monoisotopic (exact) mass is 446 g/mol. The summed E-state index contributed by atoms with van der Waals surface area (Å²) < 4.78 is 16.3. The Morgan fingerprint density at radius 1 is 1.34 bits per heavy atom. The summed E-state index contributed by atoms with van der Waals surface area (Å²) in [6.45, 7) is 1.66. The van der Waals surface area contributed by atoms with E-state index in [1.807, 2.05) is 12.3 Å². The Morgan fingerprint density at radius 3 is 2.59 bits per heavy atom. The Balaban J connectivity index is 0.000000431. The number of nitrogens with zero attached hydrogens (tertiary/aromatic N) is 5. The van der Waals surface area contributed by atoms with E-state index in [2.05, 4.69) is 19.9 Å². The second-order valence-electron chi connectivity index (χ2n) is 6.18. The number of fused-ring (bicyclic) bond motifs is 1. The third kappa shape index (κ3) is 5.12. The van der Waals surface area contributed by atoms with Crippen LogP contribution in [-0.4, -0.2) is 68.2 Å². The number of nitrogens with two attached hydrogens (primary N) is 1. The molecule has 1 aliphatic heterocycles. The van der Waals surface area contributed by atoms with Crippen molar-refractivity contribution in [3.63, 3.8) is 0 Å². The van der Waals surface area contributed by atoms with Gasteiger partial charge in [0, 0.05) is 17.5 Å². The highest BCUT2D eigenvalue weighted by Crippen LogP contribution is 2.33. The topological polar surface area (TPSA) is 210 Å². The maximum Gasteiger partial charge on any atom is 0.466 e. The predicted molar refractivity (Wildman–Crippen MR) is 101 cm³/mol. The van der Waals surface area contributed by atoms with Crippen LogP contribution in [0.4, 0.5) is 5.95 Å². The second kappa shape index (κ2) is 8.38. The molecule has 13 nitrogen and oxygen atoms in total. The van der Waals surface area contributed by atoms with Gasteiger partial charge in [-0.2, -0.15) is 4.98 Å². The van der Waals surface area contributed by atoms with Gasteiger partial charge >= 0.3 is 7.82 Å². The van der Waals surface area contributed by atoms with E-state index < -0.39 is 26.3 Å². The van der Waals surface area contributed by atoms with Gasteiger partial charge in [0.25, 0.3) is 0 Å². The van der Waals surface area contributed by atoms with Crippen LogP contribution in [0.25, 0.3) is 21.9 Å². The average Bonchev–Trinajstić information content (AvgIpc) is 3.30. The fourth-order valence-corrected chi connectivity index (χ4v) is 3.59. The molecule has 0 aromatic carbocycles. The normalized spacial score (nSPS) is 21.9. The molecule has 4 rings (SSSR count). The maximum absolute atomic E-state index is 9.94. The SMILES string of the molecule is Cc1csc(-c2nc(N)nc3c2ncn3[C@H]2C[C@H](O)[C@@H](CO)O2)n1.O=P(O)(O)O. The molecule has 1 aliphatic rings. The van der Waals surface area contributed by atoms with Crippen LogP contribution in [-0.2, 0) is 9.30 Å². The summed E-state index contributed by atoms with van der Waals surface area (Å²) in [4.78, 5) is 38.9. The fraction of sp³-hybridized carbons (Fsp3) is 0.429. The molecule has 3 aromatic rings. The van der Waals surface area contributed by atoms with Gasteiger partial charge in [0.2, 0.25) is 5.95 Å². The van der Waals surface area contributed by atoms with E-state index in [0.29, 0.717) is 23.3 Å². The molecule has 1 fully saturated rings. The number of ether oxygens (including phenoxy) is 1. The first-order valence-electron chi connectivity index (χ1n) is 8.22. The van der Waals surface area contributed by atoms with Gasteiger partial charge in [-0.05, 0) is 6.92 Å². The molecule has 0 unspecified atom stereocenters. The van der Waals surface area contributed by atoms with Crippen LogP contribution >= 0.6 is 19.2 Å². The molecular weight excluding hydrogens is 427 g/mol. The van der Waals surface area contributed by atoms with E-state index in [1.54, 1.807) is 10.9 Å². The van der Waals surface area contributed by atoms with E-state index in [-0.39, 0.29) is 12.6 Å². The zero-order valence-electron chi connectivity index (χ0n) is 15.0. The molecule has 3 aromatic heterocycles. The van der Waals surface area contributed by atoms with Gasteiger partial charge in [0.15, 0.2) is 5.65 Å². The van der Waals surface area contributed by atoms with Crippen LogP contribution in [0.1, 0.15) is 18.3 Å². The minimum Gasteiger partial charge on any atom is -0.394 e. The van der Waals surface area contributed by atoms with E-state index in [4.69, 9.17) is 29.7 Å². The molecule has 4 heterocycles. The van der Waals surface area contributed by atoms with Crippen molar-refractivity contribution >= 4 is 36.3 Å². The molecule has 0 spiro atoms. The lowest BCUT2D eigenvalue weighted by Crippen LogP contribution is -2.24. The number of aliphatic hydroxyl groups is 2. The Kier molecular flexibility index (Phi) is 6.26. The van der Waals surface area contributed by atoms with Crippen molar-refractivity contribution in [1.29, 1.82) is 0 Å². The minimum atomic E-state index is -4.64. The Labute approximate surface area is 167 Å². The summed E-state index contributed by atoms with van der Waals surface area (Å²) in [6, 6.07) is 0. The quantitative estimate of drug-likeness (QED) is 0.283. The van der Waals surface area contributed by atoms with Gasteiger partial charge in [-0.15, -0.1) is 11.3 Å². The van der Waals surface area contributed by atoms with Crippen molar-refractivity contribution in [3.05, 3.63) is 17.4 Å². The predicted octanol–water partition coefficient (Wildman–Crippen LogP) is -0.447. The number of aryl methyl sites for hydroxylation is 1. The van der Waals surface area contributed by atoms with Gasteiger partial charge < -0.3 is 35.4 Å². The van der Waals surface area contributed by atoms with Gasteiger partial charge in [-0.1, -0.05) is 0 Å². The third-order valence-corrected chi connectivity index (χ3v) is 4.92. The van der Waals surface area contributed by atoms with Crippen molar-refractivity contribution in [2.75, 3.05) is 12.3 Å². The molecule has 29 heavy (non-hydrogen) atoms. The molecule has 0 amide bonds. The van der Waals surface area contributed by atoms with E-state index in [9.17, 15) is 10.2 Å². The molecule has 0 radical (unpaired) electrons. The lowest BCUT2D eigenvalue weighted by atomic mass is 10.2. The minimum absolute atomic E-state index is 0.115. The van der Waals surface area contributed by atoms with Crippen LogP contribution in [0.15, 0.2) is 11.7 Å². The smallest absolute Gasteiger partial charge is 0.394 e. The summed E-state index contributed by atoms with van der Waals surface area (Å²) in [5, 5.41) is 21.8. The number of imidazole rings is 1. The maximum atomic E-state index is 9.94. The lowest BCUT2D eigenvalue weighted by Gasteiger charge is -2.13. The van der Waals surface area contributed by atoms with E-state index in [0.717, 1.165) is 10.7 Å². The zero-order valence-corrected chi connectivity index (χ0v) is 16.7. The fourth-order valence-electron chi connectivity index (χ4n) is 2.81. The molecule has 3 atom stereocenters. The number of rotatable bonds is 3. The number of phosphoric acid groups is 1. The summed E-state index contributed by atoms with van der Waals surface area (Å²) >= 11 is 1.46. The van der Waals surface area contributed by atoms with Crippen molar-refractivity contribution in [3.8, 4) is 10.7 Å². The summed E-state index contributed by atoms with van der Waals surface area (Å²) in [7, 11) is -4.64. The van der Waals surface area contributed by atoms with E-state index >= 15 is 0 Å². The molecule has 7 N–H and O–H groups in total. The number of hydrogen-bond donors (Lipinski definition) is 6. The number of anilines is 1. The Hall–Kier alpha value is -2.03. The highest BCUT2D eigenvalue weighted by atomic mass is 32.1. The third-order valence-electron chi connectivity index (χ3n) is 3.95. The zero-order chi connectivity index (χ0) is 21.3. The lowest BCUT2D eigenvalue weighted by molar-refractivity contribution is -0.0432. The molecule has 15 heteroatoms. The van der Waals surface area contributed by atoms with Gasteiger partial charge in [0.1, 0.15) is 28.6 Å². The first-order chi connectivity index (χ1) is 13.6. The van der Waals surface area contributed by atoms with Gasteiger partial charge in [-0.25, -0.2) is 19.5 Å². The van der Waals surface area contributed by atoms with Crippen molar-refractivity contribution in [2.24, 2.45) is 0 Å². The highest BCUT2D eigenvalue weighted by molar-refractivity contribution is 7.45. The van der Waals surface area contributed by atoms with Crippen LogP contribution in [0.2, 0.25) is 0 Å². The van der Waals surface area contributed by atoms with Gasteiger partial charge in [0.05, 0.1) is 19.0 Å². The van der Waals surface area contributed by atoms with Crippen molar-refractivity contribution < 1.29 is 34.2 Å². The van der Waals surface area contributed by atoms with Crippen LogP contribution < -0.4 is 5.73 Å². The van der Waals surface area contributed by atoms with E-state index in [1.165, 1.54) is 11.3 Å². The molecule has 1 saturated heterocycles. The van der Waals surface area contributed by atoms with Crippen molar-refractivity contribution in [2.45, 2.75) is 31.8 Å². The molecule has 158 valence electrons. The summed E-state index contributed by atoms with van der Waals surface area (Å²) in [5.41, 5.74) is 8.42. The van der Waals surface area contributed by atoms with Crippen LogP contribution in [0, 0.1) is 6.92 Å². The highest BCUT2D eigenvalue weighted by Gasteiger charge is 2.35. The largest absolute Gasteiger partial charge is 0.466 e. The van der Waals surface area contributed by atoms with Crippen molar-refractivity contribution in [1.82, 2.24) is 24.5 Å². The summed E-state index contributed by atoms with van der Waals surface area (Å²) in [6.07, 6.45) is 0.0967.